The van der Waals surface area contributed by atoms with Gasteiger partial charge in [0.25, 0.3) is 0 Å². The van der Waals surface area contributed by atoms with E-state index in [2.05, 4.69) is 23.3 Å². The summed E-state index contributed by atoms with van der Waals surface area (Å²) in [7, 11) is 0. The zero-order valence-corrected chi connectivity index (χ0v) is 11.5. The predicted molar refractivity (Wildman–Crippen MR) is 74.1 cm³/mol. The van der Waals surface area contributed by atoms with Crippen molar-refractivity contribution in [2.24, 2.45) is 0 Å². The maximum Gasteiger partial charge on any atom is 0.137 e. The minimum Gasteiger partial charge on any atom is -0.492 e. The van der Waals surface area contributed by atoms with Crippen molar-refractivity contribution in [3.63, 3.8) is 0 Å². The van der Waals surface area contributed by atoms with E-state index in [-0.39, 0.29) is 0 Å². The number of pyridine rings is 1. The maximum atomic E-state index is 5.52. The van der Waals surface area contributed by atoms with Crippen molar-refractivity contribution in [3.8, 4) is 5.75 Å². The minimum absolute atomic E-state index is 0.646. The highest BCUT2D eigenvalue weighted by atomic mass is 16.5. The van der Waals surface area contributed by atoms with E-state index < -0.39 is 0 Å². The molecule has 0 aromatic carbocycles. The van der Waals surface area contributed by atoms with Gasteiger partial charge in [0.15, 0.2) is 0 Å². The summed E-state index contributed by atoms with van der Waals surface area (Å²) < 4.78 is 5.52. The summed E-state index contributed by atoms with van der Waals surface area (Å²) in [6, 6.07) is 2.84. The number of hydrogen-bond acceptors (Lipinski definition) is 3. The quantitative estimate of drug-likeness (QED) is 0.840. The monoisotopic (exact) mass is 248 g/mol. The highest BCUT2D eigenvalue weighted by Crippen LogP contribution is 2.35. The van der Waals surface area contributed by atoms with Crippen LogP contribution in [-0.4, -0.2) is 24.2 Å². The highest BCUT2D eigenvalue weighted by Gasteiger charge is 2.25. The average molecular weight is 248 g/mol. The Bertz CT molecular complexity index is 367. The van der Waals surface area contributed by atoms with E-state index in [4.69, 9.17) is 4.74 Å². The Balaban J connectivity index is 1.94. The first kappa shape index (κ1) is 13.3. The molecule has 0 radical (unpaired) electrons. The Morgan fingerprint density at radius 1 is 1.33 bits per heavy atom. The molecule has 3 nitrogen and oxygen atoms in total. The minimum atomic E-state index is 0.646. The maximum absolute atomic E-state index is 5.52. The second kappa shape index (κ2) is 6.74. The van der Waals surface area contributed by atoms with Crippen molar-refractivity contribution in [1.29, 1.82) is 0 Å². The van der Waals surface area contributed by atoms with Gasteiger partial charge in [0.2, 0.25) is 0 Å². The van der Waals surface area contributed by atoms with Crippen LogP contribution in [0.2, 0.25) is 0 Å². The fourth-order valence-corrected chi connectivity index (χ4v) is 2.72. The van der Waals surface area contributed by atoms with E-state index in [0.29, 0.717) is 18.6 Å². The van der Waals surface area contributed by atoms with Crippen molar-refractivity contribution in [1.82, 2.24) is 10.3 Å². The average Bonchev–Trinajstić information content (AvgIpc) is 2.86. The Hall–Kier alpha value is -1.09. The number of rotatable bonds is 6. The number of nitrogens with zero attached hydrogens (tertiary/aromatic N) is 1. The van der Waals surface area contributed by atoms with Gasteiger partial charge in [0.05, 0.1) is 12.8 Å². The summed E-state index contributed by atoms with van der Waals surface area (Å²) in [6.45, 7) is 6.06. The van der Waals surface area contributed by atoms with Gasteiger partial charge in [-0.1, -0.05) is 6.92 Å². The van der Waals surface area contributed by atoms with Crippen LogP contribution in [0.4, 0.5) is 0 Å². The summed E-state index contributed by atoms with van der Waals surface area (Å²) in [5.41, 5.74) is 1.33. The van der Waals surface area contributed by atoms with Gasteiger partial charge in [-0.05, 0) is 56.7 Å². The molecule has 2 atom stereocenters. The van der Waals surface area contributed by atoms with Crippen LogP contribution in [0.15, 0.2) is 18.5 Å². The van der Waals surface area contributed by atoms with Crippen LogP contribution in [0.3, 0.4) is 0 Å². The normalized spacial score (nSPS) is 23.2. The highest BCUT2D eigenvalue weighted by molar-refractivity contribution is 5.27. The van der Waals surface area contributed by atoms with Crippen LogP contribution >= 0.6 is 0 Å². The molecule has 0 amide bonds. The predicted octanol–water partition coefficient (Wildman–Crippen LogP) is 3.12. The third-order valence-corrected chi connectivity index (χ3v) is 3.63. The van der Waals surface area contributed by atoms with Crippen LogP contribution in [0.5, 0.6) is 5.75 Å². The zero-order chi connectivity index (χ0) is 12.8. The van der Waals surface area contributed by atoms with Crippen LogP contribution in [-0.2, 0) is 0 Å². The molecule has 0 bridgehead atoms. The Morgan fingerprint density at radius 3 is 3.00 bits per heavy atom. The van der Waals surface area contributed by atoms with Gasteiger partial charge in [-0.3, -0.25) is 4.98 Å². The van der Waals surface area contributed by atoms with Gasteiger partial charge in [-0.2, -0.15) is 0 Å². The standard InChI is InChI=1S/C15H24N2O/c1-3-7-17-14-6-5-12(8-14)13-9-15(18-4-2)11-16-10-13/h9-12,14,17H,3-8H2,1-2H3. The smallest absolute Gasteiger partial charge is 0.137 e. The molecule has 3 heteroatoms. The van der Waals surface area contributed by atoms with Crippen LogP contribution in [0.25, 0.3) is 0 Å². The Labute approximate surface area is 110 Å². The van der Waals surface area contributed by atoms with Gasteiger partial charge in [-0.15, -0.1) is 0 Å². The molecule has 1 N–H and O–H groups in total. The van der Waals surface area contributed by atoms with E-state index in [0.717, 1.165) is 12.3 Å². The van der Waals surface area contributed by atoms with E-state index in [1.165, 1.54) is 31.2 Å². The lowest BCUT2D eigenvalue weighted by Crippen LogP contribution is -2.26. The first-order valence-corrected chi connectivity index (χ1v) is 7.14. The topological polar surface area (TPSA) is 34.2 Å². The third kappa shape index (κ3) is 3.45. The molecule has 1 saturated carbocycles. The van der Waals surface area contributed by atoms with Crippen LogP contribution in [0, 0.1) is 0 Å². The van der Waals surface area contributed by atoms with E-state index in [1.54, 1.807) is 6.20 Å². The number of nitrogens with one attached hydrogen (secondary N) is 1. The lowest BCUT2D eigenvalue weighted by molar-refractivity contribution is 0.338. The first-order valence-electron chi connectivity index (χ1n) is 7.14. The molecular weight excluding hydrogens is 224 g/mol. The summed E-state index contributed by atoms with van der Waals surface area (Å²) in [5.74, 6) is 1.55. The molecule has 2 unspecified atom stereocenters. The number of ether oxygens (including phenoxy) is 1. The number of aromatic nitrogens is 1. The molecule has 1 aliphatic carbocycles. The number of hydrogen-bond donors (Lipinski definition) is 1. The molecule has 1 fully saturated rings. The molecule has 0 spiro atoms. The lowest BCUT2D eigenvalue weighted by atomic mass is 9.99. The largest absolute Gasteiger partial charge is 0.492 e. The lowest BCUT2D eigenvalue weighted by Gasteiger charge is -2.13. The molecule has 1 heterocycles. The second-order valence-electron chi connectivity index (χ2n) is 5.05. The van der Waals surface area contributed by atoms with Gasteiger partial charge >= 0.3 is 0 Å². The van der Waals surface area contributed by atoms with Crippen molar-refractivity contribution >= 4 is 0 Å². The third-order valence-electron chi connectivity index (χ3n) is 3.63. The van der Waals surface area contributed by atoms with Crippen molar-refractivity contribution in [3.05, 3.63) is 24.0 Å². The zero-order valence-electron chi connectivity index (χ0n) is 11.5. The summed E-state index contributed by atoms with van der Waals surface area (Å²) >= 11 is 0. The SMILES string of the molecule is CCCNC1CCC(c2cncc(OCC)c2)C1. The molecule has 2 rings (SSSR count). The van der Waals surface area contributed by atoms with Crippen LogP contribution < -0.4 is 10.1 Å². The first-order chi connectivity index (χ1) is 8.83. The van der Waals surface area contributed by atoms with Crippen molar-refractivity contribution < 1.29 is 4.74 Å². The van der Waals surface area contributed by atoms with E-state index in [9.17, 15) is 0 Å². The summed E-state index contributed by atoms with van der Waals surface area (Å²) in [4.78, 5) is 4.29. The van der Waals surface area contributed by atoms with Gasteiger partial charge in [0.1, 0.15) is 5.75 Å². The summed E-state index contributed by atoms with van der Waals surface area (Å²) in [5, 5.41) is 3.62. The molecule has 0 aliphatic heterocycles. The van der Waals surface area contributed by atoms with Crippen molar-refractivity contribution in [2.45, 2.75) is 51.5 Å². The summed E-state index contributed by atoms with van der Waals surface area (Å²) in [6.07, 6.45) is 8.78. The van der Waals surface area contributed by atoms with Gasteiger partial charge in [0, 0.05) is 12.2 Å². The van der Waals surface area contributed by atoms with Gasteiger partial charge in [-0.25, -0.2) is 0 Å². The fourth-order valence-electron chi connectivity index (χ4n) is 2.72. The molecule has 1 aromatic rings. The second-order valence-corrected chi connectivity index (χ2v) is 5.05. The molecule has 18 heavy (non-hydrogen) atoms. The fraction of sp³-hybridized carbons (Fsp3) is 0.667. The Kier molecular flexibility index (Phi) is 5.00. The van der Waals surface area contributed by atoms with Crippen LogP contribution in [0.1, 0.15) is 51.0 Å². The van der Waals surface area contributed by atoms with Gasteiger partial charge < -0.3 is 10.1 Å². The van der Waals surface area contributed by atoms with E-state index in [1.807, 2.05) is 13.1 Å². The van der Waals surface area contributed by atoms with E-state index >= 15 is 0 Å². The van der Waals surface area contributed by atoms with Crippen molar-refractivity contribution in [2.75, 3.05) is 13.2 Å². The molecule has 0 saturated heterocycles. The molecule has 1 aliphatic rings. The Morgan fingerprint density at radius 2 is 2.22 bits per heavy atom. The molecule has 1 aromatic heterocycles. The molecule has 100 valence electrons. The molecular formula is C15H24N2O.